The summed E-state index contributed by atoms with van der Waals surface area (Å²) in [7, 11) is 0. The number of halogens is 1. The van der Waals surface area contributed by atoms with Gasteiger partial charge in [0.2, 0.25) is 0 Å². The normalized spacial score (nSPS) is 22.2. The van der Waals surface area contributed by atoms with E-state index in [0.29, 0.717) is 28.7 Å². The van der Waals surface area contributed by atoms with Gasteiger partial charge < -0.3 is 15.2 Å². The van der Waals surface area contributed by atoms with Crippen molar-refractivity contribution in [3.8, 4) is 11.5 Å². The van der Waals surface area contributed by atoms with Gasteiger partial charge in [-0.3, -0.25) is 4.90 Å². The van der Waals surface area contributed by atoms with E-state index in [-0.39, 0.29) is 0 Å². The molecule has 3 atom stereocenters. The molecule has 3 aromatic rings. The molecule has 0 saturated carbocycles. The van der Waals surface area contributed by atoms with E-state index < -0.39 is 5.97 Å². The van der Waals surface area contributed by atoms with Crippen LogP contribution in [0.15, 0.2) is 72.8 Å². The first kappa shape index (κ1) is 21.8. The Morgan fingerprint density at radius 2 is 1.48 bits per heavy atom. The summed E-state index contributed by atoms with van der Waals surface area (Å²) in [4.78, 5) is 13.7. The number of ether oxygens (including phenoxy) is 1. The maximum absolute atomic E-state index is 11.1. The average molecular weight is 463 g/mol. The molecule has 0 radical (unpaired) electrons. The number of fused-ring (bicyclic) bond motifs is 2. The smallest absolute Gasteiger partial charge is 0.335 e. The highest BCUT2D eigenvalue weighted by Gasteiger charge is 2.40. The number of nitrogens with zero attached hydrogens (tertiary/aromatic N) is 1. The second-order valence-corrected chi connectivity index (χ2v) is 9.39. The zero-order valence-corrected chi connectivity index (χ0v) is 19.0. The van der Waals surface area contributed by atoms with Crippen LogP contribution >= 0.6 is 11.6 Å². The highest BCUT2D eigenvalue weighted by Crippen LogP contribution is 2.38. The minimum absolute atomic E-state index is 0.342. The van der Waals surface area contributed by atoms with E-state index in [4.69, 9.17) is 21.4 Å². The van der Waals surface area contributed by atoms with Crippen LogP contribution in [0.2, 0.25) is 5.02 Å². The van der Waals surface area contributed by atoms with Crippen LogP contribution in [0.4, 0.5) is 5.69 Å². The third kappa shape index (κ3) is 5.15. The van der Waals surface area contributed by atoms with Gasteiger partial charge in [-0.1, -0.05) is 23.7 Å². The quantitative estimate of drug-likeness (QED) is 0.423. The second kappa shape index (κ2) is 9.46. The van der Waals surface area contributed by atoms with Gasteiger partial charge in [-0.05, 0) is 91.9 Å². The number of carboxylic acids is 1. The summed E-state index contributed by atoms with van der Waals surface area (Å²) in [6.45, 7) is 0.888. The molecule has 2 aliphatic heterocycles. The van der Waals surface area contributed by atoms with Crippen molar-refractivity contribution < 1.29 is 14.6 Å². The molecular formula is C27H27ClN2O3. The fourth-order valence-electron chi connectivity index (χ4n) is 5.11. The molecule has 2 N–H and O–H groups in total. The molecule has 5 rings (SSSR count). The Morgan fingerprint density at radius 1 is 0.909 bits per heavy atom. The van der Waals surface area contributed by atoms with Crippen molar-refractivity contribution in [2.75, 3.05) is 5.32 Å². The molecule has 0 amide bonds. The standard InChI is InChI=1S/C27H27ClN2O3/c28-20-5-11-25(12-6-20)33-26-13-7-21(8-14-26)29-22-15-23-9-10-24(16-22)30(23)17-18-1-3-19(4-2-18)27(31)32/h1-8,11-14,22-24,29H,9-10,15-17H2,(H,31,32)/t22?,23-,24+. The van der Waals surface area contributed by atoms with Crippen LogP contribution in [0, 0.1) is 0 Å². The largest absolute Gasteiger partial charge is 0.478 e. The summed E-state index contributed by atoms with van der Waals surface area (Å²) in [5, 5.41) is 13.5. The van der Waals surface area contributed by atoms with Gasteiger partial charge in [0.1, 0.15) is 11.5 Å². The summed E-state index contributed by atoms with van der Waals surface area (Å²) in [5.74, 6) is 0.686. The monoisotopic (exact) mass is 462 g/mol. The molecule has 1 unspecified atom stereocenters. The van der Waals surface area contributed by atoms with Crippen LogP contribution in [-0.4, -0.2) is 34.1 Å². The van der Waals surface area contributed by atoms with Crippen LogP contribution in [0.25, 0.3) is 0 Å². The summed E-state index contributed by atoms with van der Waals surface area (Å²) in [6, 6.07) is 24.4. The minimum atomic E-state index is -0.877. The highest BCUT2D eigenvalue weighted by atomic mass is 35.5. The molecule has 2 bridgehead atoms. The second-order valence-electron chi connectivity index (χ2n) is 8.95. The van der Waals surface area contributed by atoms with E-state index in [1.165, 1.54) is 18.4 Å². The Kier molecular flexibility index (Phi) is 6.25. The fourth-order valence-corrected chi connectivity index (χ4v) is 5.23. The third-order valence-corrected chi connectivity index (χ3v) is 6.98. The maximum atomic E-state index is 11.1. The molecule has 2 heterocycles. The van der Waals surface area contributed by atoms with Crippen molar-refractivity contribution in [2.45, 2.75) is 50.4 Å². The van der Waals surface area contributed by atoms with E-state index in [1.807, 2.05) is 48.5 Å². The molecule has 33 heavy (non-hydrogen) atoms. The number of benzene rings is 3. The summed E-state index contributed by atoms with van der Waals surface area (Å²) in [5.41, 5.74) is 2.63. The van der Waals surface area contributed by atoms with Gasteiger partial charge in [0.05, 0.1) is 5.56 Å². The van der Waals surface area contributed by atoms with Crippen LogP contribution in [-0.2, 0) is 6.54 Å². The van der Waals surface area contributed by atoms with Crippen LogP contribution in [0.3, 0.4) is 0 Å². The lowest BCUT2D eigenvalue weighted by Gasteiger charge is -2.39. The maximum Gasteiger partial charge on any atom is 0.335 e. The summed E-state index contributed by atoms with van der Waals surface area (Å²) < 4.78 is 5.89. The SMILES string of the molecule is O=C(O)c1ccc(CN2[C@@H]3CC[C@H]2CC(Nc2ccc(Oc4ccc(Cl)cc4)cc2)C3)cc1. The van der Waals surface area contributed by atoms with Crippen molar-refractivity contribution in [3.63, 3.8) is 0 Å². The number of piperidine rings is 1. The van der Waals surface area contributed by atoms with Gasteiger partial charge in [-0.25, -0.2) is 4.79 Å². The van der Waals surface area contributed by atoms with E-state index >= 15 is 0 Å². The number of hydrogen-bond acceptors (Lipinski definition) is 4. The lowest BCUT2D eigenvalue weighted by molar-refractivity contribution is 0.0696. The lowest BCUT2D eigenvalue weighted by atomic mass is 9.96. The first-order valence-corrected chi connectivity index (χ1v) is 11.8. The van der Waals surface area contributed by atoms with Crippen LogP contribution in [0.5, 0.6) is 11.5 Å². The molecule has 6 heteroatoms. The first-order valence-electron chi connectivity index (χ1n) is 11.4. The van der Waals surface area contributed by atoms with Gasteiger partial charge in [0.15, 0.2) is 0 Å². The van der Waals surface area contributed by atoms with Gasteiger partial charge in [0, 0.05) is 35.4 Å². The molecule has 5 nitrogen and oxygen atoms in total. The highest BCUT2D eigenvalue weighted by molar-refractivity contribution is 6.30. The predicted octanol–water partition coefficient (Wildman–Crippen LogP) is 6.44. The summed E-state index contributed by atoms with van der Waals surface area (Å²) >= 11 is 5.93. The molecule has 2 saturated heterocycles. The molecule has 0 spiro atoms. The third-order valence-electron chi connectivity index (χ3n) is 6.72. The Hall–Kier alpha value is -3.02. The lowest BCUT2D eigenvalue weighted by Crippen LogP contribution is -2.46. The topological polar surface area (TPSA) is 61.8 Å². The fraction of sp³-hybridized carbons (Fsp3) is 0.296. The van der Waals surface area contributed by atoms with Crippen molar-refractivity contribution in [3.05, 3.63) is 88.9 Å². The predicted molar refractivity (Wildman–Crippen MR) is 130 cm³/mol. The van der Waals surface area contributed by atoms with Crippen molar-refractivity contribution >= 4 is 23.3 Å². The van der Waals surface area contributed by atoms with Gasteiger partial charge >= 0.3 is 5.97 Å². The zero-order chi connectivity index (χ0) is 22.8. The zero-order valence-electron chi connectivity index (χ0n) is 18.3. The number of hydrogen-bond donors (Lipinski definition) is 2. The molecular weight excluding hydrogens is 436 g/mol. The Balaban J connectivity index is 1.16. The average Bonchev–Trinajstić information content (AvgIpc) is 3.04. The Labute approximate surface area is 199 Å². The number of rotatable bonds is 7. The van der Waals surface area contributed by atoms with Gasteiger partial charge in [-0.15, -0.1) is 0 Å². The molecule has 3 aromatic carbocycles. The van der Waals surface area contributed by atoms with Crippen LogP contribution in [0.1, 0.15) is 41.6 Å². The molecule has 170 valence electrons. The Bertz CT molecular complexity index is 1090. The Morgan fingerprint density at radius 3 is 2.06 bits per heavy atom. The van der Waals surface area contributed by atoms with E-state index in [9.17, 15) is 4.79 Å². The first-order chi connectivity index (χ1) is 16.0. The van der Waals surface area contributed by atoms with Gasteiger partial charge in [0.25, 0.3) is 0 Å². The van der Waals surface area contributed by atoms with Crippen molar-refractivity contribution in [2.24, 2.45) is 0 Å². The number of anilines is 1. The van der Waals surface area contributed by atoms with Crippen LogP contribution < -0.4 is 10.1 Å². The minimum Gasteiger partial charge on any atom is -0.478 e. The van der Waals surface area contributed by atoms with E-state index in [0.717, 1.165) is 36.6 Å². The van der Waals surface area contributed by atoms with E-state index in [2.05, 4.69) is 22.3 Å². The summed E-state index contributed by atoms with van der Waals surface area (Å²) in [6.07, 6.45) is 4.69. The molecule has 2 aliphatic rings. The number of carbonyl (C=O) groups is 1. The molecule has 0 aromatic heterocycles. The molecule has 0 aliphatic carbocycles. The van der Waals surface area contributed by atoms with Crippen molar-refractivity contribution in [1.82, 2.24) is 4.90 Å². The van der Waals surface area contributed by atoms with Crippen molar-refractivity contribution in [1.29, 1.82) is 0 Å². The van der Waals surface area contributed by atoms with E-state index in [1.54, 1.807) is 12.1 Å². The number of carboxylic acid groups (broad SMARTS) is 1. The number of aromatic carboxylic acids is 1. The number of nitrogens with one attached hydrogen (secondary N) is 1. The molecule has 2 fully saturated rings. The van der Waals surface area contributed by atoms with Gasteiger partial charge in [-0.2, -0.15) is 0 Å².